The molecule has 1 fully saturated rings. The number of halogens is 1. The van der Waals surface area contributed by atoms with Gasteiger partial charge in [0.1, 0.15) is 16.5 Å². The Kier molecular flexibility index (Phi) is 6.59. The minimum atomic E-state index is -0.302. The van der Waals surface area contributed by atoms with Gasteiger partial charge >= 0.3 is 0 Å². The van der Waals surface area contributed by atoms with Crippen molar-refractivity contribution in [2.24, 2.45) is 0 Å². The van der Waals surface area contributed by atoms with Gasteiger partial charge in [-0.15, -0.1) is 11.3 Å². The van der Waals surface area contributed by atoms with Crippen molar-refractivity contribution in [1.82, 2.24) is 20.2 Å². The smallest absolute Gasteiger partial charge is 0.260 e. The summed E-state index contributed by atoms with van der Waals surface area (Å²) in [5.74, 6) is 0.298. The Bertz CT molecular complexity index is 1270. The van der Waals surface area contributed by atoms with Crippen molar-refractivity contribution in [3.8, 4) is 11.1 Å². The molecule has 8 heteroatoms. The average Bonchev–Trinajstić information content (AvgIpc) is 3.28. The Morgan fingerprint density at radius 2 is 1.88 bits per heavy atom. The van der Waals surface area contributed by atoms with Crippen molar-refractivity contribution in [2.75, 3.05) is 32.8 Å². The fourth-order valence-electron chi connectivity index (χ4n) is 4.15. The van der Waals surface area contributed by atoms with Gasteiger partial charge in [0.25, 0.3) is 5.56 Å². The van der Waals surface area contributed by atoms with Crippen LogP contribution in [0.5, 0.6) is 0 Å². The minimum Gasteiger partial charge on any atom is -0.379 e. The molecule has 5 rings (SSSR count). The summed E-state index contributed by atoms with van der Waals surface area (Å²) in [4.78, 5) is 23.7. The Labute approximate surface area is 195 Å². The van der Waals surface area contributed by atoms with E-state index in [0.29, 0.717) is 22.6 Å². The first-order chi connectivity index (χ1) is 16.2. The lowest BCUT2D eigenvalue weighted by atomic mass is 10.1. The van der Waals surface area contributed by atoms with Crippen LogP contribution >= 0.6 is 11.3 Å². The van der Waals surface area contributed by atoms with Crippen LogP contribution in [0.2, 0.25) is 0 Å². The molecule has 4 aromatic rings. The molecule has 6 nitrogen and oxygen atoms in total. The lowest BCUT2D eigenvalue weighted by Crippen LogP contribution is -2.42. The van der Waals surface area contributed by atoms with Crippen molar-refractivity contribution >= 4 is 21.6 Å². The molecule has 1 aliphatic rings. The number of aromatic nitrogens is 2. The molecule has 2 N–H and O–H groups in total. The van der Waals surface area contributed by atoms with Crippen LogP contribution < -0.4 is 10.9 Å². The van der Waals surface area contributed by atoms with Crippen molar-refractivity contribution in [2.45, 2.75) is 12.6 Å². The zero-order chi connectivity index (χ0) is 22.6. The summed E-state index contributed by atoms with van der Waals surface area (Å²) >= 11 is 1.43. The topological polar surface area (TPSA) is 70.2 Å². The maximum Gasteiger partial charge on any atom is 0.260 e. The Hall–Kier alpha value is -2.91. The van der Waals surface area contributed by atoms with E-state index >= 15 is 0 Å². The summed E-state index contributed by atoms with van der Waals surface area (Å²) in [5.41, 5.74) is 2.59. The number of benzene rings is 2. The van der Waals surface area contributed by atoms with Crippen LogP contribution in [-0.4, -0.2) is 47.7 Å². The number of ether oxygens (including phenoxy) is 1. The number of rotatable bonds is 7. The fourth-order valence-corrected chi connectivity index (χ4v) is 5.12. The molecule has 0 bridgehead atoms. The molecule has 0 radical (unpaired) electrons. The molecule has 170 valence electrons. The largest absolute Gasteiger partial charge is 0.379 e. The quantitative estimate of drug-likeness (QED) is 0.433. The minimum absolute atomic E-state index is 0.100. The van der Waals surface area contributed by atoms with Crippen LogP contribution in [0.15, 0.2) is 64.8 Å². The number of aromatic amines is 1. The molecule has 0 amide bonds. The van der Waals surface area contributed by atoms with Crippen LogP contribution in [0, 0.1) is 5.82 Å². The Morgan fingerprint density at radius 3 is 2.64 bits per heavy atom. The van der Waals surface area contributed by atoms with E-state index in [1.807, 2.05) is 23.6 Å². The highest BCUT2D eigenvalue weighted by Crippen LogP contribution is 2.30. The highest BCUT2D eigenvalue weighted by molar-refractivity contribution is 7.17. The van der Waals surface area contributed by atoms with E-state index in [4.69, 9.17) is 9.72 Å². The monoisotopic (exact) mass is 464 g/mol. The lowest BCUT2D eigenvalue weighted by molar-refractivity contribution is 0.0333. The van der Waals surface area contributed by atoms with Crippen molar-refractivity contribution in [3.63, 3.8) is 0 Å². The maximum atomic E-state index is 13.3. The molecule has 1 atom stereocenters. The van der Waals surface area contributed by atoms with E-state index in [1.165, 1.54) is 29.0 Å². The molecule has 0 unspecified atom stereocenters. The zero-order valence-electron chi connectivity index (χ0n) is 18.1. The van der Waals surface area contributed by atoms with E-state index < -0.39 is 0 Å². The number of hydrogen-bond acceptors (Lipinski definition) is 6. The van der Waals surface area contributed by atoms with Gasteiger partial charge in [-0.25, -0.2) is 9.37 Å². The second kappa shape index (κ2) is 9.93. The molecular formula is C25H25FN4O2S. The van der Waals surface area contributed by atoms with Gasteiger partial charge in [0, 0.05) is 36.6 Å². The summed E-state index contributed by atoms with van der Waals surface area (Å²) in [6.07, 6.45) is 0. The third-order valence-electron chi connectivity index (χ3n) is 5.91. The number of fused-ring (bicyclic) bond motifs is 1. The van der Waals surface area contributed by atoms with E-state index in [0.717, 1.165) is 44.0 Å². The molecular weight excluding hydrogens is 439 g/mol. The van der Waals surface area contributed by atoms with Gasteiger partial charge < -0.3 is 15.0 Å². The van der Waals surface area contributed by atoms with Crippen LogP contribution in [-0.2, 0) is 11.3 Å². The van der Waals surface area contributed by atoms with Gasteiger partial charge in [-0.1, -0.05) is 42.5 Å². The zero-order valence-corrected chi connectivity index (χ0v) is 18.9. The van der Waals surface area contributed by atoms with Crippen LogP contribution in [0.1, 0.15) is 17.4 Å². The first kappa shape index (κ1) is 21.9. The summed E-state index contributed by atoms with van der Waals surface area (Å²) in [7, 11) is 0. The van der Waals surface area contributed by atoms with Crippen LogP contribution in [0.3, 0.4) is 0 Å². The number of morpholine rings is 1. The first-order valence-corrected chi connectivity index (χ1v) is 11.9. The number of hydrogen-bond donors (Lipinski definition) is 2. The molecule has 33 heavy (non-hydrogen) atoms. The van der Waals surface area contributed by atoms with E-state index in [-0.39, 0.29) is 17.4 Å². The normalized spacial score (nSPS) is 15.7. The van der Waals surface area contributed by atoms with Crippen LogP contribution in [0.25, 0.3) is 21.3 Å². The summed E-state index contributed by atoms with van der Waals surface area (Å²) < 4.78 is 18.8. The Balaban J connectivity index is 1.37. The van der Waals surface area contributed by atoms with Crippen LogP contribution in [0.4, 0.5) is 4.39 Å². The third kappa shape index (κ3) is 5.04. The number of nitrogens with one attached hydrogen (secondary N) is 2. The maximum absolute atomic E-state index is 13.3. The van der Waals surface area contributed by atoms with Gasteiger partial charge in [-0.3, -0.25) is 9.69 Å². The summed E-state index contributed by atoms with van der Waals surface area (Å²) in [6, 6.07) is 16.6. The highest BCUT2D eigenvalue weighted by Gasteiger charge is 2.19. The van der Waals surface area contributed by atoms with Gasteiger partial charge in [-0.2, -0.15) is 0 Å². The molecule has 3 heterocycles. The van der Waals surface area contributed by atoms with Crippen molar-refractivity contribution in [1.29, 1.82) is 0 Å². The van der Waals surface area contributed by atoms with Gasteiger partial charge in [0.15, 0.2) is 0 Å². The van der Waals surface area contributed by atoms with E-state index in [2.05, 4.69) is 27.3 Å². The van der Waals surface area contributed by atoms with E-state index in [9.17, 15) is 9.18 Å². The molecule has 2 aromatic carbocycles. The van der Waals surface area contributed by atoms with Crippen molar-refractivity contribution < 1.29 is 9.13 Å². The predicted molar refractivity (Wildman–Crippen MR) is 129 cm³/mol. The second-order valence-electron chi connectivity index (χ2n) is 8.11. The number of thiophene rings is 1. The second-order valence-corrected chi connectivity index (χ2v) is 8.96. The predicted octanol–water partition coefficient (Wildman–Crippen LogP) is 3.95. The molecule has 1 aliphatic heterocycles. The molecule has 0 saturated carbocycles. The molecule has 0 aliphatic carbocycles. The number of H-pyrrole nitrogens is 1. The Morgan fingerprint density at radius 1 is 1.12 bits per heavy atom. The van der Waals surface area contributed by atoms with Gasteiger partial charge in [0.2, 0.25) is 0 Å². The lowest BCUT2D eigenvalue weighted by Gasteiger charge is -2.31. The van der Waals surface area contributed by atoms with Gasteiger partial charge in [-0.05, 0) is 23.3 Å². The number of nitrogens with zero attached hydrogens (tertiary/aromatic N) is 2. The van der Waals surface area contributed by atoms with E-state index in [1.54, 1.807) is 12.1 Å². The standard InChI is InChI=1S/C25H25FN4O2S/c26-19-8-6-17(7-9-19)20-16-33-25-23(20)24(31)28-22(29-25)14-27-21(18-4-2-1-3-5-18)15-30-10-12-32-13-11-30/h1-9,16,21,27H,10-15H2,(H,28,29,31)/t21-/m1/s1. The summed E-state index contributed by atoms with van der Waals surface area (Å²) in [5, 5.41) is 6.03. The molecule has 0 spiro atoms. The average molecular weight is 465 g/mol. The first-order valence-electron chi connectivity index (χ1n) is 11.0. The SMILES string of the molecule is O=c1[nH]c(CN[C@H](CN2CCOCC2)c2ccccc2)nc2scc(-c3ccc(F)cc3)c12. The molecule has 1 saturated heterocycles. The van der Waals surface area contributed by atoms with Crippen molar-refractivity contribution in [3.05, 3.63) is 87.5 Å². The third-order valence-corrected chi connectivity index (χ3v) is 6.78. The highest BCUT2D eigenvalue weighted by atomic mass is 32.1. The molecule has 2 aromatic heterocycles. The fraction of sp³-hybridized carbons (Fsp3) is 0.280. The summed E-state index contributed by atoms with van der Waals surface area (Å²) in [6.45, 7) is 4.62. The van der Waals surface area contributed by atoms with Gasteiger partial charge in [0.05, 0.1) is 25.1 Å².